The Bertz CT molecular complexity index is 818. The molecule has 6 nitrogen and oxygen atoms in total. The van der Waals surface area contributed by atoms with Gasteiger partial charge >= 0.3 is 6.09 Å². The van der Waals surface area contributed by atoms with Crippen molar-refractivity contribution in [1.29, 1.82) is 0 Å². The number of likely N-dealkylation sites (tertiary alicyclic amines) is 1. The number of benzene rings is 1. The minimum absolute atomic E-state index is 0.0736. The smallest absolute Gasteiger partial charge is 0.410 e. The Kier molecular flexibility index (Phi) is 6.52. The molecule has 2 aromatic rings. The average molecular weight is 396 g/mol. The molecular formula is C23H29N3O3. The molecule has 2 amide bonds. The molecule has 1 atom stereocenters. The molecule has 29 heavy (non-hydrogen) atoms. The van der Waals surface area contributed by atoms with Gasteiger partial charge in [0.2, 0.25) is 5.91 Å². The molecule has 1 fully saturated rings. The van der Waals surface area contributed by atoms with Crippen LogP contribution >= 0.6 is 0 Å². The number of hydrogen-bond donors (Lipinski definition) is 0. The fraction of sp³-hybridized carbons (Fsp3) is 0.435. The van der Waals surface area contributed by atoms with Gasteiger partial charge in [-0.2, -0.15) is 0 Å². The van der Waals surface area contributed by atoms with Crippen LogP contribution < -0.4 is 4.90 Å². The molecule has 154 valence electrons. The third-order valence-corrected chi connectivity index (χ3v) is 4.82. The van der Waals surface area contributed by atoms with Crippen molar-refractivity contribution in [3.63, 3.8) is 0 Å². The van der Waals surface area contributed by atoms with Crippen molar-refractivity contribution in [2.24, 2.45) is 0 Å². The minimum atomic E-state index is -0.592. The molecule has 0 aliphatic carbocycles. The van der Waals surface area contributed by atoms with E-state index in [0.29, 0.717) is 25.9 Å². The van der Waals surface area contributed by atoms with Gasteiger partial charge in [-0.15, -0.1) is 0 Å². The largest absolute Gasteiger partial charge is 0.444 e. The lowest BCUT2D eigenvalue weighted by atomic mass is 10.1. The first kappa shape index (κ1) is 20.8. The number of rotatable bonds is 5. The van der Waals surface area contributed by atoms with E-state index in [2.05, 4.69) is 4.98 Å². The van der Waals surface area contributed by atoms with Gasteiger partial charge in [-0.1, -0.05) is 24.3 Å². The van der Waals surface area contributed by atoms with Crippen molar-refractivity contribution in [3.8, 4) is 0 Å². The van der Waals surface area contributed by atoms with Crippen molar-refractivity contribution in [3.05, 3.63) is 60.4 Å². The van der Waals surface area contributed by atoms with Gasteiger partial charge in [0.1, 0.15) is 11.6 Å². The first-order valence-electron chi connectivity index (χ1n) is 10.1. The maximum absolute atomic E-state index is 13.5. The molecule has 6 heteroatoms. The molecule has 3 rings (SSSR count). The second-order valence-electron chi connectivity index (χ2n) is 8.23. The Balaban J connectivity index is 1.79. The summed E-state index contributed by atoms with van der Waals surface area (Å²) in [6, 6.07) is 14.9. The number of carbonyl (C=O) groups is 2. The van der Waals surface area contributed by atoms with Crippen LogP contribution in [0.5, 0.6) is 0 Å². The number of hydrogen-bond acceptors (Lipinski definition) is 4. The van der Waals surface area contributed by atoms with E-state index in [9.17, 15) is 9.59 Å². The van der Waals surface area contributed by atoms with E-state index in [1.807, 2.05) is 69.3 Å². The van der Waals surface area contributed by atoms with Gasteiger partial charge in [0.05, 0.1) is 0 Å². The number of para-hydroxylation sites is 1. The zero-order chi connectivity index (χ0) is 20.9. The van der Waals surface area contributed by atoms with Gasteiger partial charge in [-0.3, -0.25) is 14.7 Å². The first-order valence-corrected chi connectivity index (χ1v) is 10.1. The van der Waals surface area contributed by atoms with Gasteiger partial charge < -0.3 is 9.64 Å². The summed E-state index contributed by atoms with van der Waals surface area (Å²) in [5.74, 6) is -0.0736. The zero-order valence-electron chi connectivity index (χ0n) is 17.4. The number of pyridine rings is 1. The SMILES string of the molecule is CC(C)(C)OC(=O)N1CCCC1C(=O)N(CCc1ccccn1)c1ccccc1. The molecule has 2 heterocycles. The predicted octanol–water partition coefficient (Wildman–Crippen LogP) is 4.06. The van der Waals surface area contributed by atoms with E-state index in [4.69, 9.17) is 4.74 Å². The van der Waals surface area contributed by atoms with Crippen LogP contribution in [0.2, 0.25) is 0 Å². The Morgan fingerprint density at radius 2 is 1.86 bits per heavy atom. The Morgan fingerprint density at radius 1 is 1.14 bits per heavy atom. The van der Waals surface area contributed by atoms with Gasteiger partial charge in [0, 0.05) is 37.1 Å². The molecule has 0 spiro atoms. The number of amides is 2. The van der Waals surface area contributed by atoms with Gasteiger partial charge in [-0.25, -0.2) is 4.79 Å². The maximum Gasteiger partial charge on any atom is 0.410 e. The second kappa shape index (κ2) is 9.07. The second-order valence-corrected chi connectivity index (χ2v) is 8.23. The summed E-state index contributed by atoms with van der Waals surface area (Å²) < 4.78 is 5.52. The average Bonchev–Trinajstić information content (AvgIpc) is 3.18. The molecule has 1 unspecified atom stereocenters. The summed E-state index contributed by atoms with van der Waals surface area (Å²) in [6.45, 7) is 6.54. The summed E-state index contributed by atoms with van der Waals surface area (Å²) in [7, 11) is 0. The standard InChI is InChI=1S/C23H29N3O3/c1-23(2,3)29-22(28)26-16-9-13-20(26)21(27)25(19-11-5-4-6-12-19)17-14-18-10-7-8-15-24-18/h4-8,10-12,15,20H,9,13-14,16-17H2,1-3H3. The van der Waals surface area contributed by atoms with Gasteiger partial charge in [-0.05, 0) is 57.9 Å². The molecule has 1 aliphatic rings. The van der Waals surface area contributed by atoms with Crippen LogP contribution in [0.3, 0.4) is 0 Å². The Labute approximate surface area is 172 Å². The first-order chi connectivity index (χ1) is 13.8. The molecule has 0 bridgehead atoms. The Morgan fingerprint density at radius 3 is 2.52 bits per heavy atom. The molecular weight excluding hydrogens is 366 g/mol. The van der Waals surface area contributed by atoms with E-state index < -0.39 is 17.7 Å². The van der Waals surface area contributed by atoms with E-state index >= 15 is 0 Å². The van der Waals surface area contributed by atoms with E-state index in [-0.39, 0.29) is 5.91 Å². The van der Waals surface area contributed by atoms with Gasteiger partial charge in [0.25, 0.3) is 0 Å². The topological polar surface area (TPSA) is 62.7 Å². The quantitative estimate of drug-likeness (QED) is 0.766. The fourth-order valence-electron chi connectivity index (χ4n) is 3.49. The zero-order valence-corrected chi connectivity index (χ0v) is 17.4. The highest BCUT2D eigenvalue weighted by atomic mass is 16.6. The predicted molar refractivity (Wildman–Crippen MR) is 113 cm³/mol. The van der Waals surface area contributed by atoms with Crippen molar-refractivity contribution >= 4 is 17.7 Å². The number of aromatic nitrogens is 1. The lowest BCUT2D eigenvalue weighted by Gasteiger charge is -2.31. The highest BCUT2D eigenvalue weighted by Crippen LogP contribution is 2.25. The summed E-state index contributed by atoms with van der Waals surface area (Å²) in [4.78, 5) is 33.8. The molecule has 0 radical (unpaired) electrons. The molecule has 0 N–H and O–H groups in total. The van der Waals surface area contributed by atoms with Crippen molar-refractivity contribution in [2.45, 2.75) is 51.7 Å². The molecule has 1 aliphatic heterocycles. The van der Waals surface area contributed by atoms with E-state index in [1.54, 1.807) is 16.0 Å². The molecule has 1 aromatic carbocycles. The maximum atomic E-state index is 13.5. The van der Waals surface area contributed by atoms with E-state index in [1.165, 1.54) is 0 Å². The normalized spacial score (nSPS) is 16.5. The summed E-state index contributed by atoms with van der Waals surface area (Å²) >= 11 is 0. The van der Waals surface area contributed by atoms with Crippen LogP contribution in [0.4, 0.5) is 10.5 Å². The number of ether oxygens (including phenoxy) is 1. The number of nitrogens with zero attached hydrogens (tertiary/aromatic N) is 3. The number of carbonyl (C=O) groups excluding carboxylic acids is 2. The van der Waals surface area contributed by atoms with Crippen LogP contribution in [-0.4, -0.2) is 46.6 Å². The highest BCUT2D eigenvalue weighted by molar-refractivity contribution is 5.99. The minimum Gasteiger partial charge on any atom is -0.444 e. The summed E-state index contributed by atoms with van der Waals surface area (Å²) in [6.07, 6.45) is 3.40. The Hall–Kier alpha value is -2.89. The van der Waals surface area contributed by atoms with Crippen LogP contribution in [0, 0.1) is 0 Å². The van der Waals surface area contributed by atoms with Gasteiger partial charge in [0.15, 0.2) is 0 Å². The molecule has 1 saturated heterocycles. The third kappa shape index (κ3) is 5.56. The van der Waals surface area contributed by atoms with Crippen LogP contribution in [0.25, 0.3) is 0 Å². The van der Waals surface area contributed by atoms with Crippen LogP contribution in [-0.2, 0) is 16.0 Å². The number of anilines is 1. The lowest BCUT2D eigenvalue weighted by Crippen LogP contribution is -2.49. The fourth-order valence-corrected chi connectivity index (χ4v) is 3.49. The van der Waals surface area contributed by atoms with Crippen LogP contribution in [0.1, 0.15) is 39.3 Å². The van der Waals surface area contributed by atoms with Crippen molar-refractivity contribution in [1.82, 2.24) is 9.88 Å². The monoisotopic (exact) mass is 395 g/mol. The van der Waals surface area contributed by atoms with Crippen molar-refractivity contribution < 1.29 is 14.3 Å². The lowest BCUT2D eigenvalue weighted by molar-refractivity contribution is -0.122. The molecule has 1 aromatic heterocycles. The highest BCUT2D eigenvalue weighted by Gasteiger charge is 2.38. The van der Waals surface area contributed by atoms with Crippen molar-refractivity contribution in [2.75, 3.05) is 18.0 Å². The van der Waals surface area contributed by atoms with Crippen LogP contribution in [0.15, 0.2) is 54.7 Å². The summed E-state index contributed by atoms with van der Waals surface area (Å²) in [5.41, 5.74) is 1.16. The molecule has 0 saturated carbocycles. The van der Waals surface area contributed by atoms with E-state index in [0.717, 1.165) is 17.8 Å². The third-order valence-electron chi connectivity index (χ3n) is 4.82. The summed E-state index contributed by atoms with van der Waals surface area (Å²) in [5, 5.41) is 0.